The van der Waals surface area contributed by atoms with Crippen molar-refractivity contribution in [3.8, 4) is 11.6 Å². The molecule has 0 unspecified atom stereocenters. The van der Waals surface area contributed by atoms with Crippen LogP contribution in [0, 0.1) is 0 Å². The third-order valence-corrected chi connectivity index (χ3v) is 3.55. The molecule has 0 atom stereocenters. The standard InChI is InChI=1S/C16H14F3N3O3/c17-16(18,19)11-3-4-14(21-6-11)25-13-8-22(9-13)15(23)10-24-12-2-1-5-20-7-12/h1-7,13H,8-10H2. The Morgan fingerprint density at radius 2 is 2.04 bits per heavy atom. The van der Waals surface area contributed by atoms with E-state index in [9.17, 15) is 18.0 Å². The molecular formula is C16H14F3N3O3. The SMILES string of the molecule is O=C(COc1cccnc1)N1CC(Oc2ccc(C(F)(F)F)cn2)C1. The maximum Gasteiger partial charge on any atom is 0.417 e. The predicted molar refractivity (Wildman–Crippen MR) is 80.0 cm³/mol. The average molecular weight is 353 g/mol. The second-order valence-corrected chi connectivity index (χ2v) is 5.40. The average Bonchev–Trinajstić information content (AvgIpc) is 2.56. The first-order valence-corrected chi connectivity index (χ1v) is 7.42. The van der Waals surface area contributed by atoms with Gasteiger partial charge in [0.25, 0.3) is 5.91 Å². The first-order chi connectivity index (χ1) is 11.9. The van der Waals surface area contributed by atoms with Gasteiger partial charge in [0.15, 0.2) is 6.61 Å². The van der Waals surface area contributed by atoms with Gasteiger partial charge in [0.05, 0.1) is 24.8 Å². The third-order valence-electron chi connectivity index (χ3n) is 3.55. The van der Waals surface area contributed by atoms with E-state index in [1.807, 2.05) is 0 Å². The molecule has 0 spiro atoms. The molecule has 0 bridgehead atoms. The minimum Gasteiger partial charge on any atom is -0.482 e. The molecule has 1 aliphatic heterocycles. The molecule has 3 heterocycles. The maximum absolute atomic E-state index is 12.5. The van der Waals surface area contributed by atoms with Crippen molar-refractivity contribution in [1.82, 2.24) is 14.9 Å². The molecule has 0 radical (unpaired) electrons. The van der Waals surface area contributed by atoms with Crippen molar-refractivity contribution in [3.63, 3.8) is 0 Å². The van der Waals surface area contributed by atoms with Crippen molar-refractivity contribution >= 4 is 5.91 Å². The number of nitrogens with zero attached hydrogens (tertiary/aromatic N) is 3. The molecular weight excluding hydrogens is 339 g/mol. The molecule has 1 aliphatic rings. The smallest absolute Gasteiger partial charge is 0.417 e. The van der Waals surface area contributed by atoms with Gasteiger partial charge >= 0.3 is 6.18 Å². The van der Waals surface area contributed by atoms with Crippen LogP contribution in [0.1, 0.15) is 5.56 Å². The summed E-state index contributed by atoms with van der Waals surface area (Å²) in [5, 5.41) is 0. The van der Waals surface area contributed by atoms with Crippen LogP contribution in [0.15, 0.2) is 42.9 Å². The van der Waals surface area contributed by atoms with Crippen molar-refractivity contribution in [1.29, 1.82) is 0 Å². The van der Waals surface area contributed by atoms with Crippen molar-refractivity contribution < 1.29 is 27.4 Å². The first-order valence-electron chi connectivity index (χ1n) is 7.42. The van der Waals surface area contributed by atoms with Crippen LogP contribution < -0.4 is 9.47 Å². The molecule has 3 rings (SSSR count). The number of aromatic nitrogens is 2. The van der Waals surface area contributed by atoms with Crippen LogP contribution in [-0.4, -0.2) is 46.6 Å². The summed E-state index contributed by atoms with van der Waals surface area (Å²) in [6.45, 7) is 0.548. The summed E-state index contributed by atoms with van der Waals surface area (Å²) in [7, 11) is 0. The minimum atomic E-state index is -4.43. The molecule has 1 saturated heterocycles. The summed E-state index contributed by atoms with van der Waals surface area (Å²) in [4.78, 5) is 21.0. The highest BCUT2D eigenvalue weighted by atomic mass is 19.4. The van der Waals surface area contributed by atoms with Crippen molar-refractivity contribution in [2.45, 2.75) is 12.3 Å². The van der Waals surface area contributed by atoms with Crippen molar-refractivity contribution in [2.24, 2.45) is 0 Å². The number of halogens is 3. The normalized spacial score (nSPS) is 14.8. The highest BCUT2D eigenvalue weighted by Gasteiger charge is 2.33. The quantitative estimate of drug-likeness (QED) is 0.824. The lowest BCUT2D eigenvalue weighted by Gasteiger charge is -2.38. The van der Waals surface area contributed by atoms with Gasteiger partial charge in [-0.2, -0.15) is 13.2 Å². The van der Waals surface area contributed by atoms with Crippen molar-refractivity contribution in [3.05, 3.63) is 48.4 Å². The van der Waals surface area contributed by atoms with E-state index in [2.05, 4.69) is 9.97 Å². The topological polar surface area (TPSA) is 64.5 Å². The zero-order valence-electron chi connectivity index (χ0n) is 12.9. The second-order valence-electron chi connectivity index (χ2n) is 5.40. The van der Waals surface area contributed by atoms with E-state index in [0.717, 1.165) is 12.3 Å². The Morgan fingerprint density at radius 3 is 2.64 bits per heavy atom. The number of carbonyl (C=O) groups is 1. The lowest BCUT2D eigenvalue weighted by molar-refractivity contribution is -0.142. The van der Waals surface area contributed by atoms with Gasteiger partial charge in [-0.25, -0.2) is 4.98 Å². The highest BCUT2D eigenvalue weighted by molar-refractivity contribution is 5.78. The molecule has 2 aromatic heterocycles. The lowest BCUT2D eigenvalue weighted by atomic mass is 10.1. The van der Waals surface area contributed by atoms with Crippen molar-refractivity contribution in [2.75, 3.05) is 19.7 Å². The Bertz CT molecular complexity index is 717. The fourth-order valence-electron chi connectivity index (χ4n) is 2.17. The Kier molecular flexibility index (Phi) is 4.73. The van der Waals surface area contributed by atoms with E-state index in [4.69, 9.17) is 9.47 Å². The Labute approximate surface area is 141 Å². The molecule has 9 heteroatoms. The van der Waals surface area contributed by atoms with Crippen LogP contribution in [0.4, 0.5) is 13.2 Å². The van der Waals surface area contributed by atoms with Gasteiger partial charge in [-0.15, -0.1) is 0 Å². The number of ether oxygens (including phenoxy) is 2. The molecule has 6 nitrogen and oxygen atoms in total. The monoisotopic (exact) mass is 353 g/mol. The number of rotatable bonds is 5. The van der Waals surface area contributed by atoms with E-state index in [1.54, 1.807) is 18.3 Å². The van der Waals surface area contributed by atoms with Crippen LogP contribution in [0.2, 0.25) is 0 Å². The van der Waals surface area contributed by atoms with Gasteiger partial charge < -0.3 is 14.4 Å². The van der Waals surface area contributed by atoms with Crippen LogP contribution in [0.3, 0.4) is 0 Å². The molecule has 2 aromatic rings. The van der Waals surface area contributed by atoms with E-state index in [1.165, 1.54) is 17.2 Å². The predicted octanol–water partition coefficient (Wildman–Crippen LogP) is 2.16. The van der Waals surface area contributed by atoms with E-state index >= 15 is 0 Å². The Balaban J connectivity index is 1.42. The molecule has 0 N–H and O–H groups in total. The van der Waals surface area contributed by atoms with Gasteiger partial charge in [0, 0.05) is 18.5 Å². The second kappa shape index (κ2) is 6.96. The summed E-state index contributed by atoms with van der Waals surface area (Å²) in [5.74, 6) is 0.388. The minimum absolute atomic E-state index is 0.0942. The highest BCUT2D eigenvalue weighted by Crippen LogP contribution is 2.29. The summed E-state index contributed by atoms with van der Waals surface area (Å²) in [6.07, 6.45) is -0.906. The molecule has 25 heavy (non-hydrogen) atoms. The number of likely N-dealkylation sites (tertiary alicyclic amines) is 1. The summed E-state index contributed by atoms with van der Waals surface area (Å²) >= 11 is 0. The van der Waals surface area contributed by atoms with Crippen LogP contribution >= 0.6 is 0 Å². The van der Waals surface area contributed by atoms with Gasteiger partial charge in [-0.3, -0.25) is 9.78 Å². The number of hydrogen-bond acceptors (Lipinski definition) is 5. The Hall–Kier alpha value is -2.84. The number of alkyl halides is 3. The zero-order chi connectivity index (χ0) is 17.9. The van der Waals surface area contributed by atoms with Gasteiger partial charge in [0.1, 0.15) is 11.9 Å². The fraction of sp³-hybridized carbons (Fsp3) is 0.312. The number of pyridine rings is 2. The molecule has 1 amide bonds. The molecule has 0 saturated carbocycles. The summed E-state index contributed by atoms with van der Waals surface area (Å²) in [6, 6.07) is 5.47. The Morgan fingerprint density at radius 1 is 1.24 bits per heavy atom. The first kappa shape index (κ1) is 17.0. The van der Waals surface area contributed by atoms with Crippen LogP contribution in [0.25, 0.3) is 0 Å². The largest absolute Gasteiger partial charge is 0.482 e. The van der Waals surface area contributed by atoms with E-state index in [-0.39, 0.29) is 24.5 Å². The van der Waals surface area contributed by atoms with Gasteiger partial charge in [-0.1, -0.05) is 0 Å². The number of carbonyl (C=O) groups excluding carboxylic acids is 1. The molecule has 132 valence electrons. The molecule has 0 aliphatic carbocycles. The number of amides is 1. The summed E-state index contributed by atoms with van der Waals surface area (Å²) in [5.41, 5.74) is -0.835. The summed E-state index contributed by atoms with van der Waals surface area (Å²) < 4.78 is 48.1. The van der Waals surface area contributed by atoms with Gasteiger partial charge in [0.2, 0.25) is 5.88 Å². The van der Waals surface area contributed by atoms with E-state index in [0.29, 0.717) is 18.8 Å². The maximum atomic E-state index is 12.5. The zero-order valence-corrected chi connectivity index (χ0v) is 12.9. The third kappa shape index (κ3) is 4.37. The van der Waals surface area contributed by atoms with Gasteiger partial charge in [-0.05, 0) is 18.2 Å². The molecule has 0 aromatic carbocycles. The lowest BCUT2D eigenvalue weighted by Crippen LogP contribution is -2.57. The number of hydrogen-bond donors (Lipinski definition) is 0. The van der Waals surface area contributed by atoms with Crippen LogP contribution in [0.5, 0.6) is 11.6 Å². The molecule has 1 fully saturated rings. The van der Waals surface area contributed by atoms with Crippen LogP contribution in [-0.2, 0) is 11.0 Å². The van der Waals surface area contributed by atoms with E-state index < -0.39 is 11.7 Å². The fourth-order valence-corrected chi connectivity index (χ4v) is 2.17.